The van der Waals surface area contributed by atoms with Gasteiger partial charge in [-0.3, -0.25) is 0 Å². The third kappa shape index (κ3) is 2.85. The smallest absolute Gasteiger partial charge is 0.191 e. The van der Waals surface area contributed by atoms with Gasteiger partial charge in [0.25, 0.3) is 0 Å². The number of thioether (sulfide) groups is 1. The second kappa shape index (κ2) is 5.91. The van der Waals surface area contributed by atoms with Gasteiger partial charge in [0.15, 0.2) is 11.0 Å². The van der Waals surface area contributed by atoms with Crippen LogP contribution in [-0.2, 0) is 13.2 Å². The molecule has 1 aromatic carbocycles. The summed E-state index contributed by atoms with van der Waals surface area (Å²) in [5, 5.41) is 9.22. The van der Waals surface area contributed by atoms with Gasteiger partial charge in [-0.25, -0.2) is 0 Å². The number of aromatic nitrogens is 3. The minimum Gasteiger partial charge on any atom is -0.486 e. The van der Waals surface area contributed by atoms with Crippen LogP contribution in [0.5, 0.6) is 5.75 Å². The van der Waals surface area contributed by atoms with Crippen molar-refractivity contribution in [3.05, 3.63) is 35.7 Å². The number of ether oxygens (including phenoxy) is 1. The first-order valence-corrected chi connectivity index (χ1v) is 7.12. The van der Waals surface area contributed by atoms with E-state index in [1.807, 2.05) is 30.5 Å². The van der Waals surface area contributed by atoms with E-state index in [0.29, 0.717) is 6.61 Å². The SMILES string of the molecule is CCn1c(COc2ccc(C)cc2)nnc1SC. The largest absolute Gasteiger partial charge is 0.486 e. The summed E-state index contributed by atoms with van der Waals surface area (Å²) in [7, 11) is 0. The minimum atomic E-state index is 0.449. The van der Waals surface area contributed by atoms with Crippen LogP contribution in [0.2, 0.25) is 0 Å². The van der Waals surface area contributed by atoms with Gasteiger partial charge < -0.3 is 9.30 Å². The maximum atomic E-state index is 5.71. The Morgan fingerprint density at radius 3 is 2.56 bits per heavy atom. The van der Waals surface area contributed by atoms with Gasteiger partial charge in [0.1, 0.15) is 12.4 Å². The fourth-order valence-corrected chi connectivity index (χ4v) is 2.25. The lowest BCUT2D eigenvalue weighted by atomic mass is 10.2. The molecular weight excluding hydrogens is 246 g/mol. The van der Waals surface area contributed by atoms with E-state index in [0.717, 1.165) is 23.3 Å². The molecule has 1 heterocycles. The Balaban J connectivity index is 2.06. The maximum Gasteiger partial charge on any atom is 0.191 e. The van der Waals surface area contributed by atoms with E-state index in [-0.39, 0.29) is 0 Å². The number of benzene rings is 1. The van der Waals surface area contributed by atoms with E-state index in [1.54, 1.807) is 11.8 Å². The molecule has 18 heavy (non-hydrogen) atoms. The molecule has 0 aliphatic rings. The van der Waals surface area contributed by atoms with Crippen LogP contribution in [0.15, 0.2) is 29.4 Å². The number of hydrogen-bond donors (Lipinski definition) is 0. The monoisotopic (exact) mass is 263 g/mol. The lowest BCUT2D eigenvalue weighted by Gasteiger charge is -2.08. The Labute approximate surface area is 111 Å². The van der Waals surface area contributed by atoms with Crippen molar-refractivity contribution in [3.63, 3.8) is 0 Å². The molecule has 2 aromatic rings. The third-order valence-corrected chi connectivity index (χ3v) is 3.35. The summed E-state index contributed by atoms with van der Waals surface area (Å²) in [6.07, 6.45) is 2.00. The quantitative estimate of drug-likeness (QED) is 0.778. The van der Waals surface area contributed by atoms with Crippen LogP contribution in [-0.4, -0.2) is 21.0 Å². The van der Waals surface area contributed by atoms with E-state index < -0.39 is 0 Å². The van der Waals surface area contributed by atoms with E-state index in [2.05, 4.69) is 28.6 Å². The molecule has 0 spiro atoms. The van der Waals surface area contributed by atoms with Crippen molar-refractivity contribution >= 4 is 11.8 Å². The lowest BCUT2D eigenvalue weighted by molar-refractivity contribution is 0.288. The van der Waals surface area contributed by atoms with Crippen LogP contribution in [0.3, 0.4) is 0 Å². The first-order chi connectivity index (χ1) is 8.74. The molecule has 0 aliphatic carbocycles. The molecule has 0 N–H and O–H groups in total. The fourth-order valence-electron chi connectivity index (χ4n) is 1.68. The molecule has 0 unspecified atom stereocenters. The third-order valence-electron chi connectivity index (χ3n) is 2.68. The van der Waals surface area contributed by atoms with Crippen molar-refractivity contribution in [1.29, 1.82) is 0 Å². The Bertz CT molecular complexity index is 507. The average molecular weight is 263 g/mol. The normalized spacial score (nSPS) is 10.6. The Morgan fingerprint density at radius 1 is 1.22 bits per heavy atom. The average Bonchev–Trinajstić information content (AvgIpc) is 2.80. The van der Waals surface area contributed by atoms with Crippen molar-refractivity contribution in [2.45, 2.75) is 32.2 Å². The van der Waals surface area contributed by atoms with Crippen molar-refractivity contribution < 1.29 is 4.74 Å². The molecule has 0 atom stereocenters. The van der Waals surface area contributed by atoms with Gasteiger partial charge in [0, 0.05) is 6.54 Å². The summed E-state index contributed by atoms with van der Waals surface area (Å²) in [5.41, 5.74) is 1.23. The second-order valence-corrected chi connectivity index (χ2v) is 4.72. The summed E-state index contributed by atoms with van der Waals surface area (Å²) in [5.74, 6) is 1.72. The molecule has 0 amide bonds. The fraction of sp³-hybridized carbons (Fsp3) is 0.385. The molecule has 0 aliphatic heterocycles. The lowest BCUT2D eigenvalue weighted by Crippen LogP contribution is -2.06. The molecule has 5 heteroatoms. The van der Waals surface area contributed by atoms with Crippen LogP contribution in [0.25, 0.3) is 0 Å². The summed E-state index contributed by atoms with van der Waals surface area (Å²) >= 11 is 1.60. The van der Waals surface area contributed by atoms with Gasteiger partial charge in [-0.05, 0) is 32.2 Å². The van der Waals surface area contributed by atoms with Crippen LogP contribution in [0.4, 0.5) is 0 Å². The maximum absolute atomic E-state index is 5.71. The van der Waals surface area contributed by atoms with E-state index in [9.17, 15) is 0 Å². The molecule has 0 saturated carbocycles. The Kier molecular flexibility index (Phi) is 4.25. The van der Waals surface area contributed by atoms with Gasteiger partial charge >= 0.3 is 0 Å². The molecule has 2 rings (SSSR count). The highest BCUT2D eigenvalue weighted by Crippen LogP contribution is 2.16. The zero-order valence-electron chi connectivity index (χ0n) is 10.9. The summed E-state index contributed by atoms with van der Waals surface area (Å²) in [6, 6.07) is 8.01. The zero-order chi connectivity index (χ0) is 13.0. The molecule has 96 valence electrons. The predicted octanol–water partition coefficient (Wildman–Crippen LogP) is 2.91. The van der Waals surface area contributed by atoms with Crippen molar-refractivity contribution in [1.82, 2.24) is 14.8 Å². The predicted molar refractivity (Wildman–Crippen MR) is 73.0 cm³/mol. The van der Waals surface area contributed by atoms with E-state index in [1.165, 1.54) is 5.56 Å². The number of hydrogen-bond acceptors (Lipinski definition) is 4. The topological polar surface area (TPSA) is 39.9 Å². The van der Waals surface area contributed by atoms with Gasteiger partial charge in [-0.2, -0.15) is 0 Å². The molecule has 0 bridgehead atoms. The molecule has 0 fully saturated rings. The highest BCUT2D eigenvalue weighted by Gasteiger charge is 2.09. The Hall–Kier alpha value is -1.49. The highest BCUT2D eigenvalue weighted by atomic mass is 32.2. The van der Waals surface area contributed by atoms with Crippen LogP contribution in [0.1, 0.15) is 18.3 Å². The summed E-state index contributed by atoms with van der Waals surface area (Å²) in [6.45, 7) is 5.45. The number of nitrogens with zero attached hydrogens (tertiary/aromatic N) is 3. The first kappa shape index (κ1) is 13.0. The second-order valence-electron chi connectivity index (χ2n) is 3.95. The molecule has 0 radical (unpaired) electrons. The number of aryl methyl sites for hydroxylation is 1. The first-order valence-electron chi connectivity index (χ1n) is 5.90. The molecular formula is C13H17N3OS. The van der Waals surface area contributed by atoms with Gasteiger partial charge in [0.2, 0.25) is 0 Å². The summed E-state index contributed by atoms with van der Waals surface area (Å²) < 4.78 is 7.78. The van der Waals surface area contributed by atoms with Gasteiger partial charge in [-0.15, -0.1) is 10.2 Å². The van der Waals surface area contributed by atoms with Crippen LogP contribution in [0, 0.1) is 6.92 Å². The van der Waals surface area contributed by atoms with Crippen LogP contribution >= 0.6 is 11.8 Å². The summed E-state index contributed by atoms with van der Waals surface area (Å²) in [4.78, 5) is 0. The minimum absolute atomic E-state index is 0.449. The van der Waals surface area contributed by atoms with Crippen molar-refractivity contribution in [3.8, 4) is 5.75 Å². The highest BCUT2D eigenvalue weighted by molar-refractivity contribution is 7.98. The molecule has 1 aromatic heterocycles. The van der Waals surface area contributed by atoms with Crippen LogP contribution < -0.4 is 4.74 Å². The van der Waals surface area contributed by atoms with E-state index in [4.69, 9.17) is 4.74 Å². The Morgan fingerprint density at radius 2 is 1.94 bits per heavy atom. The molecule has 0 saturated heterocycles. The van der Waals surface area contributed by atoms with Gasteiger partial charge in [0.05, 0.1) is 0 Å². The van der Waals surface area contributed by atoms with Gasteiger partial charge in [-0.1, -0.05) is 29.5 Å². The standard InChI is InChI=1S/C13H17N3OS/c1-4-16-12(14-15-13(16)18-3)9-17-11-7-5-10(2)6-8-11/h5-8H,4,9H2,1-3H3. The zero-order valence-corrected chi connectivity index (χ0v) is 11.7. The van der Waals surface area contributed by atoms with Crippen molar-refractivity contribution in [2.24, 2.45) is 0 Å². The van der Waals surface area contributed by atoms with E-state index >= 15 is 0 Å². The number of rotatable bonds is 5. The molecule has 4 nitrogen and oxygen atoms in total. The van der Waals surface area contributed by atoms with Crippen molar-refractivity contribution in [2.75, 3.05) is 6.26 Å².